The zero-order valence-electron chi connectivity index (χ0n) is 26.7. The molecule has 1 saturated carbocycles. The number of fused-ring (bicyclic) bond motifs is 1. The molecule has 5 heterocycles. The highest BCUT2D eigenvalue weighted by Crippen LogP contribution is 2.36. The van der Waals surface area contributed by atoms with E-state index < -0.39 is 0 Å². The van der Waals surface area contributed by atoms with E-state index >= 15 is 0 Å². The number of aromatic nitrogens is 4. The number of benzene rings is 1. The number of nitrogens with zero attached hydrogens (tertiary/aromatic N) is 6. The van der Waals surface area contributed by atoms with Gasteiger partial charge in [-0.1, -0.05) is 19.3 Å². The molecule has 11 nitrogen and oxygen atoms in total. The summed E-state index contributed by atoms with van der Waals surface area (Å²) < 4.78 is 14.1. The van der Waals surface area contributed by atoms with Crippen molar-refractivity contribution >= 4 is 40.2 Å². The second-order valence-corrected chi connectivity index (χ2v) is 13.3. The third-order valence-electron chi connectivity index (χ3n) is 10.2. The minimum Gasteiger partial charge on any atom is -0.494 e. The first-order valence-electron chi connectivity index (χ1n) is 17.2. The molecule has 4 fully saturated rings. The zero-order chi connectivity index (χ0) is 30.6. The van der Waals surface area contributed by atoms with Crippen molar-refractivity contribution in [2.24, 2.45) is 5.92 Å². The minimum atomic E-state index is -0.0645. The van der Waals surface area contributed by atoms with E-state index in [0.717, 1.165) is 125 Å². The van der Waals surface area contributed by atoms with Crippen LogP contribution in [0.5, 0.6) is 5.75 Å². The zero-order valence-corrected chi connectivity index (χ0v) is 26.7. The van der Waals surface area contributed by atoms with Crippen molar-refractivity contribution in [2.45, 2.75) is 95.7 Å². The van der Waals surface area contributed by atoms with Crippen LogP contribution in [-0.2, 0) is 9.53 Å². The number of amides is 1. The number of hydrogen-bond donors (Lipinski definition) is 2. The van der Waals surface area contributed by atoms with Gasteiger partial charge in [-0.15, -0.1) is 0 Å². The van der Waals surface area contributed by atoms with Gasteiger partial charge in [-0.3, -0.25) is 9.36 Å². The summed E-state index contributed by atoms with van der Waals surface area (Å²) in [5, 5.41) is 7.18. The van der Waals surface area contributed by atoms with Crippen LogP contribution in [-0.4, -0.2) is 76.3 Å². The lowest BCUT2D eigenvalue weighted by molar-refractivity contribution is -0.131. The number of piperidine rings is 1. The number of anilines is 4. The molecule has 242 valence electrons. The van der Waals surface area contributed by atoms with Crippen LogP contribution in [0, 0.1) is 5.92 Å². The number of likely N-dealkylation sites (tertiary alicyclic amines) is 1. The Morgan fingerprint density at radius 2 is 1.76 bits per heavy atom. The van der Waals surface area contributed by atoms with Crippen molar-refractivity contribution in [2.75, 3.05) is 55.4 Å². The topological polar surface area (TPSA) is 110 Å². The Morgan fingerprint density at radius 3 is 2.51 bits per heavy atom. The molecule has 1 aliphatic carbocycles. The summed E-state index contributed by atoms with van der Waals surface area (Å²) in [4.78, 5) is 31.8. The molecule has 45 heavy (non-hydrogen) atoms. The predicted molar refractivity (Wildman–Crippen MR) is 176 cm³/mol. The van der Waals surface area contributed by atoms with Crippen molar-refractivity contribution in [3.05, 3.63) is 24.5 Å². The molecule has 3 saturated heterocycles. The van der Waals surface area contributed by atoms with Crippen LogP contribution in [0.2, 0.25) is 0 Å². The summed E-state index contributed by atoms with van der Waals surface area (Å²) in [5.41, 5.74) is 3.51. The molecule has 2 N–H and O–H groups in total. The fraction of sp³-hybridized carbons (Fsp3) is 0.647. The second kappa shape index (κ2) is 13.8. The number of methoxy groups -OCH3 is 1. The Morgan fingerprint density at radius 1 is 0.956 bits per heavy atom. The number of hydrogen-bond acceptors (Lipinski definition) is 9. The van der Waals surface area contributed by atoms with Gasteiger partial charge in [0.05, 0.1) is 19.1 Å². The number of nitrogens with one attached hydrogen (secondary N) is 2. The van der Waals surface area contributed by atoms with E-state index in [4.69, 9.17) is 24.4 Å². The van der Waals surface area contributed by atoms with Gasteiger partial charge < -0.3 is 29.9 Å². The average Bonchev–Trinajstić information content (AvgIpc) is 3.78. The fourth-order valence-corrected chi connectivity index (χ4v) is 7.51. The summed E-state index contributed by atoms with van der Waals surface area (Å²) in [6, 6.07) is 6.68. The van der Waals surface area contributed by atoms with Crippen LogP contribution in [0.4, 0.5) is 23.1 Å². The molecule has 2 aromatic heterocycles. The Hall–Kier alpha value is -3.60. The lowest BCUT2D eigenvalue weighted by atomic mass is 9.92. The van der Waals surface area contributed by atoms with Gasteiger partial charge in [-0.25, -0.2) is 4.98 Å². The molecule has 11 heteroatoms. The van der Waals surface area contributed by atoms with Gasteiger partial charge in [0.15, 0.2) is 17.0 Å². The van der Waals surface area contributed by atoms with E-state index in [1.165, 1.54) is 19.3 Å². The Bertz CT molecular complexity index is 1450. The number of rotatable bonds is 9. The van der Waals surface area contributed by atoms with E-state index in [2.05, 4.69) is 43.2 Å². The first-order valence-corrected chi connectivity index (χ1v) is 17.2. The molecular formula is C34H48N8O3. The summed E-state index contributed by atoms with van der Waals surface area (Å²) in [7, 11) is 1.70. The van der Waals surface area contributed by atoms with Crippen LogP contribution < -0.4 is 20.3 Å². The molecule has 1 aromatic carbocycles. The van der Waals surface area contributed by atoms with Crippen LogP contribution in [0.3, 0.4) is 0 Å². The Kier molecular flexibility index (Phi) is 9.23. The van der Waals surface area contributed by atoms with Gasteiger partial charge in [-0.05, 0) is 75.8 Å². The average molecular weight is 617 g/mol. The third kappa shape index (κ3) is 6.83. The molecule has 0 radical (unpaired) electrons. The van der Waals surface area contributed by atoms with Gasteiger partial charge in [0.2, 0.25) is 11.9 Å². The lowest BCUT2D eigenvalue weighted by Crippen LogP contribution is -2.36. The predicted octanol–water partition coefficient (Wildman–Crippen LogP) is 6.25. The molecule has 7 rings (SSSR count). The van der Waals surface area contributed by atoms with Gasteiger partial charge in [0.25, 0.3) is 0 Å². The van der Waals surface area contributed by atoms with Crippen molar-refractivity contribution in [3.8, 4) is 5.75 Å². The number of carbonyl (C=O) groups is 1. The Labute approximate surface area is 266 Å². The van der Waals surface area contributed by atoms with Gasteiger partial charge in [0.1, 0.15) is 12.0 Å². The molecule has 4 aliphatic rings. The van der Waals surface area contributed by atoms with Gasteiger partial charge in [-0.2, -0.15) is 9.97 Å². The van der Waals surface area contributed by atoms with Gasteiger partial charge in [0, 0.05) is 57.0 Å². The van der Waals surface area contributed by atoms with E-state index in [1.807, 2.05) is 6.33 Å². The maximum absolute atomic E-state index is 12.7. The van der Waals surface area contributed by atoms with Crippen LogP contribution in [0.15, 0.2) is 24.5 Å². The van der Waals surface area contributed by atoms with Crippen LogP contribution in [0.25, 0.3) is 11.2 Å². The highest BCUT2D eigenvalue weighted by molar-refractivity contribution is 5.85. The van der Waals surface area contributed by atoms with Crippen LogP contribution in [0.1, 0.15) is 89.7 Å². The molecule has 1 unspecified atom stereocenters. The smallest absolute Gasteiger partial charge is 0.231 e. The summed E-state index contributed by atoms with van der Waals surface area (Å²) in [5.74, 6) is 2.83. The van der Waals surface area contributed by atoms with E-state index in [1.54, 1.807) is 7.11 Å². The maximum Gasteiger partial charge on any atom is 0.231 e. The summed E-state index contributed by atoms with van der Waals surface area (Å²) in [6.07, 6.45) is 16.1. The minimum absolute atomic E-state index is 0.0645. The van der Waals surface area contributed by atoms with E-state index in [0.29, 0.717) is 30.2 Å². The first-order chi connectivity index (χ1) is 22.1. The molecule has 1 amide bonds. The highest BCUT2D eigenvalue weighted by atomic mass is 16.5. The highest BCUT2D eigenvalue weighted by Gasteiger charge is 2.27. The van der Waals surface area contributed by atoms with E-state index in [-0.39, 0.29) is 6.23 Å². The number of carbonyl (C=O) groups excluding carboxylic acids is 1. The summed E-state index contributed by atoms with van der Waals surface area (Å²) >= 11 is 0. The fourth-order valence-electron chi connectivity index (χ4n) is 7.51. The molecular weight excluding hydrogens is 568 g/mol. The first kappa shape index (κ1) is 30.1. The van der Waals surface area contributed by atoms with Crippen molar-refractivity contribution in [3.63, 3.8) is 0 Å². The Balaban J connectivity index is 1.08. The number of imidazole rings is 1. The van der Waals surface area contributed by atoms with Crippen molar-refractivity contribution < 1.29 is 14.3 Å². The van der Waals surface area contributed by atoms with Gasteiger partial charge >= 0.3 is 0 Å². The number of ether oxygens (including phenoxy) is 2. The standard InChI is InChI=1S/C34H48N8O3/c1-44-28-22-26(40-18-14-24(15-19-40)21-29(43)41-16-6-7-17-41)12-13-27(28)37-34-38-32(36-25-9-3-2-4-10-25)31-33(39-34)42(23-35-31)30-11-5-8-20-45-30/h12-13,22-25,30H,2-11,14-21H2,1H3,(H2,36,37,38,39). The largest absolute Gasteiger partial charge is 0.494 e. The maximum atomic E-state index is 12.7. The molecule has 3 aliphatic heterocycles. The monoisotopic (exact) mass is 616 g/mol. The normalized spacial score (nSPS) is 21.8. The SMILES string of the molecule is COc1cc(N2CCC(CC(=O)N3CCCC3)CC2)ccc1Nc1nc(NC2CCCCC2)c2ncn(C3CCCCO3)c2n1. The lowest BCUT2D eigenvalue weighted by Gasteiger charge is -2.34. The summed E-state index contributed by atoms with van der Waals surface area (Å²) in [6.45, 7) is 4.52. The van der Waals surface area contributed by atoms with Crippen molar-refractivity contribution in [1.82, 2.24) is 24.4 Å². The third-order valence-corrected chi connectivity index (χ3v) is 10.2. The second-order valence-electron chi connectivity index (χ2n) is 13.3. The van der Waals surface area contributed by atoms with Crippen LogP contribution >= 0.6 is 0 Å². The molecule has 0 spiro atoms. The molecule has 0 bridgehead atoms. The van der Waals surface area contributed by atoms with Crippen molar-refractivity contribution in [1.29, 1.82) is 0 Å². The molecule has 1 atom stereocenters. The quantitative estimate of drug-likeness (QED) is 0.288. The molecule has 3 aromatic rings. The van der Waals surface area contributed by atoms with E-state index in [9.17, 15) is 4.79 Å².